The third-order valence-corrected chi connectivity index (χ3v) is 6.17. The third-order valence-electron chi connectivity index (χ3n) is 4.94. The van der Waals surface area contributed by atoms with Crippen LogP contribution in [0.3, 0.4) is 0 Å². The number of benzene rings is 2. The number of hydrogen-bond acceptors (Lipinski definition) is 6. The van der Waals surface area contributed by atoms with Crippen LogP contribution in [-0.4, -0.2) is 34.0 Å². The van der Waals surface area contributed by atoms with Gasteiger partial charge in [0.25, 0.3) is 5.91 Å². The molecule has 1 amide bonds. The molecule has 0 spiro atoms. The second-order valence-electron chi connectivity index (χ2n) is 7.19. The summed E-state index contributed by atoms with van der Waals surface area (Å²) < 4.78 is 36.5. The number of ether oxygens (including phenoxy) is 1. The third kappa shape index (κ3) is 3.77. The average molecular weight is 402 g/mol. The molecule has 1 atom stereocenters. The number of rotatable bonds is 4. The number of nitrogens with zero attached hydrogens (tertiary/aromatic N) is 1. The summed E-state index contributed by atoms with van der Waals surface area (Å²) in [7, 11) is -4.07. The van der Waals surface area contributed by atoms with Gasteiger partial charge in [-0.25, -0.2) is 0 Å². The summed E-state index contributed by atoms with van der Waals surface area (Å²) in [4.78, 5) is 13.6. The van der Waals surface area contributed by atoms with Crippen LogP contribution in [0.15, 0.2) is 47.4 Å². The van der Waals surface area contributed by atoms with Crippen LogP contribution in [-0.2, 0) is 14.9 Å². The fourth-order valence-corrected chi connectivity index (χ4v) is 4.55. The molecular formula is C20H22N2O5S. The minimum atomic E-state index is -4.07. The number of carbonyl (C=O) groups excluding carboxylic acids is 1. The van der Waals surface area contributed by atoms with E-state index in [9.17, 15) is 13.2 Å². The Labute approximate surface area is 164 Å². The van der Waals surface area contributed by atoms with Crippen LogP contribution in [0.1, 0.15) is 19.8 Å². The molecule has 7 nitrogen and oxygen atoms in total. The maximum atomic E-state index is 12.9. The van der Waals surface area contributed by atoms with E-state index < -0.39 is 10.1 Å². The summed E-state index contributed by atoms with van der Waals surface area (Å²) in [6.45, 7) is 3.84. The van der Waals surface area contributed by atoms with Crippen molar-refractivity contribution in [1.82, 2.24) is 0 Å². The molecule has 0 aliphatic carbocycles. The van der Waals surface area contributed by atoms with Crippen LogP contribution in [0, 0.1) is 5.92 Å². The Bertz CT molecular complexity index is 1010. The van der Waals surface area contributed by atoms with E-state index in [1.165, 1.54) is 24.6 Å². The van der Waals surface area contributed by atoms with Crippen molar-refractivity contribution >= 4 is 27.4 Å². The van der Waals surface area contributed by atoms with E-state index >= 15 is 0 Å². The maximum Gasteiger partial charge on any atom is 0.339 e. The van der Waals surface area contributed by atoms with Gasteiger partial charge in [0.05, 0.1) is 11.4 Å². The quantitative estimate of drug-likeness (QED) is 0.792. The van der Waals surface area contributed by atoms with Gasteiger partial charge >= 0.3 is 10.1 Å². The first-order valence-electron chi connectivity index (χ1n) is 9.27. The van der Waals surface area contributed by atoms with Crippen LogP contribution in [0.25, 0.3) is 0 Å². The van der Waals surface area contributed by atoms with Crippen molar-refractivity contribution in [3.63, 3.8) is 0 Å². The van der Waals surface area contributed by atoms with Crippen LogP contribution < -0.4 is 19.1 Å². The van der Waals surface area contributed by atoms with Gasteiger partial charge in [-0.2, -0.15) is 8.42 Å². The SMILES string of the molecule is C[C@@H]1CCCN(c2ccccc2OS(=O)(=O)c2ccc3c(c2)NC(=O)CO3)C1. The maximum absolute atomic E-state index is 12.9. The summed E-state index contributed by atoms with van der Waals surface area (Å²) in [5, 5.41) is 2.61. The fraction of sp³-hybridized carbons (Fsp3) is 0.350. The number of piperidine rings is 1. The molecule has 0 bridgehead atoms. The molecule has 0 aromatic heterocycles. The molecule has 1 N–H and O–H groups in total. The second-order valence-corrected chi connectivity index (χ2v) is 8.74. The van der Waals surface area contributed by atoms with Crippen LogP contribution in [0.4, 0.5) is 11.4 Å². The van der Waals surface area contributed by atoms with Gasteiger partial charge in [0.15, 0.2) is 12.4 Å². The van der Waals surface area contributed by atoms with Crippen LogP contribution >= 0.6 is 0 Å². The molecule has 4 rings (SSSR count). The highest BCUT2D eigenvalue weighted by Crippen LogP contribution is 2.35. The molecule has 2 aliphatic heterocycles. The lowest BCUT2D eigenvalue weighted by Crippen LogP contribution is -2.34. The number of nitrogens with one attached hydrogen (secondary N) is 1. The van der Waals surface area contributed by atoms with E-state index in [-0.39, 0.29) is 17.4 Å². The first-order chi connectivity index (χ1) is 13.4. The van der Waals surface area contributed by atoms with Gasteiger partial charge in [0.1, 0.15) is 10.6 Å². The minimum Gasteiger partial charge on any atom is -0.482 e. The normalized spacial score (nSPS) is 19.4. The standard InChI is InChI=1S/C20H22N2O5S/c1-14-5-4-10-22(12-14)17-6-2-3-7-19(17)27-28(24,25)15-8-9-18-16(11-15)21-20(23)13-26-18/h2-3,6-9,11,14H,4-5,10,12-13H2,1H3,(H,21,23)/t14-/m1/s1. The van der Waals surface area contributed by atoms with Gasteiger partial charge in [0.2, 0.25) is 0 Å². The fourth-order valence-electron chi connectivity index (χ4n) is 3.58. The molecular weight excluding hydrogens is 380 g/mol. The molecule has 0 saturated carbocycles. The van der Waals surface area contributed by atoms with Gasteiger partial charge in [-0.1, -0.05) is 19.1 Å². The molecule has 2 aromatic rings. The van der Waals surface area contributed by atoms with Crippen LogP contribution in [0.2, 0.25) is 0 Å². The van der Waals surface area contributed by atoms with Crippen molar-refractivity contribution in [2.24, 2.45) is 5.92 Å². The summed E-state index contributed by atoms with van der Waals surface area (Å²) in [5.41, 5.74) is 1.09. The Balaban J connectivity index is 1.62. The molecule has 8 heteroatoms. The molecule has 1 saturated heterocycles. The molecule has 2 heterocycles. The highest BCUT2D eigenvalue weighted by Gasteiger charge is 2.25. The van der Waals surface area contributed by atoms with E-state index in [1.807, 2.05) is 12.1 Å². The minimum absolute atomic E-state index is 0.0427. The Morgan fingerprint density at radius 3 is 2.86 bits per heavy atom. The van der Waals surface area contributed by atoms with E-state index in [1.54, 1.807) is 12.1 Å². The van der Waals surface area contributed by atoms with Gasteiger partial charge in [-0.05, 0) is 49.1 Å². The zero-order valence-corrected chi connectivity index (χ0v) is 16.4. The Hall–Kier alpha value is -2.74. The predicted octanol–water partition coefficient (Wildman–Crippen LogP) is 3.02. The molecule has 28 heavy (non-hydrogen) atoms. The van der Waals surface area contributed by atoms with E-state index in [0.29, 0.717) is 23.1 Å². The lowest BCUT2D eigenvalue weighted by atomic mass is 10.00. The second kappa shape index (κ2) is 7.35. The molecule has 2 aliphatic rings. The number of para-hydroxylation sites is 2. The monoisotopic (exact) mass is 402 g/mol. The van der Waals surface area contributed by atoms with Gasteiger partial charge in [-0.15, -0.1) is 0 Å². The van der Waals surface area contributed by atoms with Gasteiger partial charge in [-0.3, -0.25) is 4.79 Å². The van der Waals surface area contributed by atoms with Crippen molar-refractivity contribution in [2.75, 3.05) is 29.9 Å². The molecule has 1 fully saturated rings. The van der Waals surface area contributed by atoms with E-state index in [2.05, 4.69) is 17.1 Å². The number of hydrogen-bond donors (Lipinski definition) is 1. The predicted molar refractivity (Wildman–Crippen MR) is 105 cm³/mol. The lowest BCUT2D eigenvalue weighted by molar-refractivity contribution is -0.118. The van der Waals surface area contributed by atoms with Gasteiger partial charge < -0.3 is 19.1 Å². The summed E-state index contributed by atoms with van der Waals surface area (Å²) >= 11 is 0. The van der Waals surface area contributed by atoms with Crippen molar-refractivity contribution in [1.29, 1.82) is 0 Å². The number of fused-ring (bicyclic) bond motifs is 1. The zero-order valence-electron chi connectivity index (χ0n) is 15.6. The number of carbonyl (C=O) groups is 1. The van der Waals surface area contributed by atoms with Crippen molar-refractivity contribution < 1.29 is 22.1 Å². The highest BCUT2D eigenvalue weighted by atomic mass is 32.2. The molecule has 148 valence electrons. The first kappa shape index (κ1) is 18.6. The van der Waals surface area contributed by atoms with Crippen molar-refractivity contribution in [3.8, 4) is 11.5 Å². The highest BCUT2D eigenvalue weighted by molar-refractivity contribution is 7.87. The Morgan fingerprint density at radius 2 is 2.04 bits per heavy atom. The number of amides is 1. The van der Waals surface area contributed by atoms with Gasteiger partial charge in [0, 0.05) is 13.1 Å². The smallest absolute Gasteiger partial charge is 0.339 e. The molecule has 2 aromatic carbocycles. The molecule has 0 unspecified atom stereocenters. The summed E-state index contributed by atoms with van der Waals surface area (Å²) in [6.07, 6.45) is 2.23. The lowest BCUT2D eigenvalue weighted by Gasteiger charge is -2.33. The molecule has 0 radical (unpaired) electrons. The van der Waals surface area contributed by atoms with Crippen LogP contribution in [0.5, 0.6) is 11.5 Å². The average Bonchev–Trinajstić information content (AvgIpc) is 2.67. The number of anilines is 2. The topological polar surface area (TPSA) is 84.9 Å². The van der Waals surface area contributed by atoms with E-state index in [4.69, 9.17) is 8.92 Å². The first-order valence-corrected chi connectivity index (χ1v) is 10.7. The van der Waals surface area contributed by atoms with Crippen molar-refractivity contribution in [3.05, 3.63) is 42.5 Å². The zero-order chi connectivity index (χ0) is 19.7. The summed E-state index contributed by atoms with van der Waals surface area (Å²) in [5.74, 6) is 0.950. The largest absolute Gasteiger partial charge is 0.482 e. The summed E-state index contributed by atoms with van der Waals surface area (Å²) in [6, 6.07) is 11.5. The van der Waals surface area contributed by atoms with Crippen molar-refractivity contribution in [2.45, 2.75) is 24.7 Å². The van der Waals surface area contributed by atoms with E-state index in [0.717, 1.165) is 25.2 Å². The Kier molecular flexibility index (Phi) is 4.89. The Morgan fingerprint density at radius 1 is 1.21 bits per heavy atom.